The molecule has 1 saturated heterocycles. The molecule has 2 aliphatic rings. The Kier molecular flexibility index (Phi) is 3.48. The van der Waals surface area contributed by atoms with Crippen LogP contribution < -0.4 is 10.2 Å². The van der Waals surface area contributed by atoms with Crippen LogP contribution in [0, 0.1) is 0 Å². The summed E-state index contributed by atoms with van der Waals surface area (Å²) < 4.78 is 5.55. The SMILES string of the molecule is C[C@H]1OCCN[C@@H]1C(=O)N1CCc2cc(Cl)ccc21. The minimum absolute atomic E-state index is 0.0856. The van der Waals surface area contributed by atoms with E-state index in [-0.39, 0.29) is 18.1 Å². The van der Waals surface area contributed by atoms with E-state index in [1.807, 2.05) is 30.0 Å². The van der Waals surface area contributed by atoms with Crippen molar-refractivity contribution in [3.8, 4) is 0 Å². The number of hydrogen-bond donors (Lipinski definition) is 1. The molecule has 1 fully saturated rings. The Morgan fingerprint density at radius 2 is 2.37 bits per heavy atom. The maximum atomic E-state index is 12.6. The van der Waals surface area contributed by atoms with Crippen molar-refractivity contribution in [2.75, 3.05) is 24.6 Å². The fourth-order valence-corrected chi connectivity index (χ4v) is 2.97. The Balaban J connectivity index is 1.83. The number of nitrogens with zero attached hydrogens (tertiary/aromatic N) is 1. The maximum absolute atomic E-state index is 12.6. The standard InChI is InChI=1S/C14H17ClN2O2/c1-9-13(16-5-7-19-9)14(18)17-6-4-10-8-11(15)2-3-12(10)17/h2-3,8-9,13,16H,4-7H2,1H3/t9-,13+/m1/s1. The molecule has 0 spiro atoms. The summed E-state index contributed by atoms with van der Waals surface area (Å²) in [6, 6.07) is 5.45. The summed E-state index contributed by atoms with van der Waals surface area (Å²) >= 11 is 5.99. The molecule has 4 nitrogen and oxygen atoms in total. The molecule has 102 valence electrons. The van der Waals surface area contributed by atoms with Crippen LogP contribution in [0.1, 0.15) is 12.5 Å². The monoisotopic (exact) mass is 280 g/mol. The van der Waals surface area contributed by atoms with E-state index in [4.69, 9.17) is 16.3 Å². The molecular formula is C14H17ClN2O2. The molecule has 3 rings (SSSR count). The van der Waals surface area contributed by atoms with Crippen molar-refractivity contribution in [2.24, 2.45) is 0 Å². The number of carbonyl (C=O) groups excluding carboxylic acids is 1. The Bertz CT molecular complexity index is 506. The molecule has 0 bridgehead atoms. The minimum Gasteiger partial charge on any atom is -0.375 e. The number of hydrogen-bond acceptors (Lipinski definition) is 3. The highest BCUT2D eigenvalue weighted by atomic mass is 35.5. The first kappa shape index (κ1) is 12.9. The van der Waals surface area contributed by atoms with Gasteiger partial charge >= 0.3 is 0 Å². The van der Waals surface area contributed by atoms with Crippen molar-refractivity contribution in [2.45, 2.75) is 25.5 Å². The third kappa shape index (κ3) is 2.36. The second-order valence-electron chi connectivity index (χ2n) is 5.02. The van der Waals surface area contributed by atoms with Crippen molar-refractivity contribution in [1.82, 2.24) is 5.32 Å². The van der Waals surface area contributed by atoms with Gasteiger partial charge in [-0.2, -0.15) is 0 Å². The first-order valence-corrected chi connectivity index (χ1v) is 6.99. The summed E-state index contributed by atoms with van der Waals surface area (Å²) in [5.74, 6) is 0.0910. The van der Waals surface area contributed by atoms with E-state index < -0.39 is 0 Å². The molecule has 19 heavy (non-hydrogen) atoms. The number of morpholine rings is 1. The molecule has 5 heteroatoms. The number of rotatable bonds is 1. The summed E-state index contributed by atoms with van der Waals surface area (Å²) in [6.07, 6.45) is 0.779. The van der Waals surface area contributed by atoms with E-state index in [2.05, 4.69) is 5.32 Å². The van der Waals surface area contributed by atoms with Gasteiger partial charge in [-0.05, 0) is 37.1 Å². The van der Waals surface area contributed by atoms with Crippen molar-refractivity contribution in [1.29, 1.82) is 0 Å². The van der Waals surface area contributed by atoms with Crippen LogP contribution in [0.3, 0.4) is 0 Å². The van der Waals surface area contributed by atoms with Crippen LogP contribution in [0.15, 0.2) is 18.2 Å². The number of amides is 1. The average molecular weight is 281 g/mol. The first-order valence-electron chi connectivity index (χ1n) is 6.61. The molecule has 0 saturated carbocycles. The van der Waals surface area contributed by atoms with Gasteiger partial charge in [0, 0.05) is 23.8 Å². The molecule has 0 aromatic heterocycles. The van der Waals surface area contributed by atoms with Gasteiger partial charge in [0.1, 0.15) is 6.04 Å². The highest BCUT2D eigenvalue weighted by molar-refractivity contribution is 6.30. The van der Waals surface area contributed by atoms with Crippen molar-refractivity contribution in [3.05, 3.63) is 28.8 Å². The average Bonchev–Trinajstić information content (AvgIpc) is 2.81. The fraction of sp³-hybridized carbons (Fsp3) is 0.500. The molecule has 2 heterocycles. The van der Waals surface area contributed by atoms with Crippen LogP contribution in [-0.2, 0) is 16.0 Å². The number of nitrogens with one attached hydrogen (secondary N) is 1. The molecule has 0 radical (unpaired) electrons. The summed E-state index contributed by atoms with van der Waals surface area (Å²) in [7, 11) is 0. The maximum Gasteiger partial charge on any atom is 0.246 e. The third-order valence-electron chi connectivity index (χ3n) is 3.79. The van der Waals surface area contributed by atoms with Gasteiger partial charge < -0.3 is 15.0 Å². The van der Waals surface area contributed by atoms with Crippen LogP contribution in [0.25, 0.3) is 0 Å². The number of carbonyl (C=O) groups is 1. The van der Waals surface area contributed by atoms with E-state index >= 15 is 0 Å². The van der Waals surface area contributed by atoms with Gasteiger partial charge in [0.2, 0.25) is 5.91 Å². The highest BCUT2D eigenvalue weighted by Crippen LogP contribution is 2.31. The van der Waals surface area contributed by atoms with Crippen molar-refractivity contribution < 1.29 is 9.53 Å². The van der Waals surface area contributed by atoms with Gasteiger partial charge in [-0.3, -0.25) is 4.79 Å². The summed E-state index contributed by atoms with van der Waals surface area (Å²) in [5.41, 5.74) is 2.12. The summed E-state index contributed by atoms with van der Waals surface area (Å²) in [5, 5.41) is 3.97. The first-order chi connectivity index (χ1) is 9.16. The highest BCUT2D eigenvalue weighted by Gasteiger charge is 2.35. The lowest BCUT2D eigenvalue weighted by Gasteiger charge is -2.32. The fourth-order valence-electron chi connectivity index (χ4n) is 2.78. The van der Waals surface area contributed by atoms with Crippen molar-refractivity contribution in [3.63, 3.8) is 0 Å². The van der Waals surface area contributed by atoms with Gasteiger partial charge in [-0.15, -0.1) is 0 Å². The normalized spacial score (nSPS) is 26.3. The number of benzene rings is 1. The molecule has 1 aromatic carbocycles. The molecule has 1 N–H and O–H groups in total. The molecule has 0 unspecified atom stereocenters. The van der Waals surface area contributed by atoms with Crippen LogP contribution >= 0.6 is 11.6 Å². The van der Waals surface area contributed by atoms with Gasteiger partial charge in [-0.25, -0.2) is 0 Å². The number of fused-ring (bicyclic) bond motifs is 1. The lowest BCUT2D eigenvalue weighted by Crippen LogP contribution is -2.56. The second-order valence-corrected chi connectivity index (χ2v) is 5.46. The van der Waals surface area contributed by atoms with Gasteiger partial charge in [0.05, 0.1) is 12.7 Å². The van der Waals surface area contributed by atoms with E-state index in [0.717, 1.165) is 35.8 Å². The molecule has 1 aromatic rings. The zero-order chi connectivity index (χ0) is 13.4. The number of halogens is 1. The molecule has 2 aliphatic heterocycles. The summed E-state index contributed by atoms with van der Waals surface area (Å²) in [6.45, 7) is 4.05. The van der Waals surface area contributed by atoms with Crippen LogP contribution in [0.2, 0.25) is 5.02 Å². The predicted octanol–water partition coefficient (Wildman–Crippen LogP) is 1.61. The molecule has 2 atom stereocenters. The molecule has 0 aliphatic carbocycles. The van der Waals surface area contributed by atoms with Gasteiger partial charge in [0.15, 0.2) is 0 Å². The lowest BCUT2D eigenvalue weighted by atomic mass is 10.1. The van der Waals surface area contributed by atoms with Crippen LogP contribution in [0.4, 0.5) is 5.69 Å². The van der Waals surface area contributed by atoms with E-state index in [1.54, 1.807) is 0 Å². The van der Waals surface area contributed by atoms with Crippen LogP contribution in [0.5, 0.6) is 0 Å². The van der Waals surface area contributed by atoms with Gasteiger partial charge in [0.25, 0.3) is 0 Å². The number of ether oxygens (including phenoxy) is 1. The smallest absolute Gasteiger partial charge is 0.246 e. The van der Waals surface area contributed by atoms with E-state index in [9.17, 15) is 4.79 Å². The Labute approximate surface area is 117 Å². The zero-order valence-electron chi connectivity index (χ0n) is 10.9. The Morgan fingerprint density at radius 3 is 3.16 bits per heavy atom. The van der Waals surface area contributed by atoms with Crippen LogP contribution in [-0.4, -0.2) is 37.7 Å². The minimum atomic E-state index is -0.254. The lowest BCUT2D eigenvalue weighted by molar-refractivity contribution is -0.126. The van der Waals surface area contributed by atoms with Crippen molar-refractivity contribution >= 4 is 23.2 Å². The van der Waals surface area contributed by atoms with E-state index in [1.165, 1.54) is 0 Å². The predicted molar refractivity (Wildman–Crippen MR) is 74.7 cm³/mol. The van der Waals surface area contributed by atoms with Gasteiger partial charge in [-0.1, -0.05) is 11.6 Å². The largest absolute Gasteiger partial charge is 0.375 e. The molecule has 1 amide bonds. The third-order valence-corrected chi connectivity index (χ3v) is 4.02. The summed E-state index contributed by atoms with van der Waals surface area (Å²) in [4.78, 5) is 14.5. The quantitative estimate of drug-likeness (QED) is 0.850. The zero-order valence-corrected chi connectivity index (χ0v) is 11.6. The molecular weight excluding hydrogens is 264 g/mol. The van der Waals surface area contributed by atoms with E-state index in [0.29, 0.717) is 6.61 Å². The second kappa shape index (κ2) is 5.12. The topological polar surface area (TPSA) is 41.6 Å². The Hall–Kier alpha value is -1.10. The Morgan fingerprint density at radius 1 is 1.53 bits per heavy atom. The number of anilines is 1.